The first-order valence-corrected chi connectivity index (χ1v) is 7.53. The summed E-state index contributed by atoms with van der Waals surface area (Å²) < 4.78 is 48.8. The van der Waals surface area contributed by atoms with Crippen molar-refractivity contribution in [3.05, 3.63) is 0 Å². The number of rotatable bonds is 5. The number of hydrogen-bond acceptors (Lipinski definition) is 6. The number of carbonyl (C=O) groups is 1. The molecule has 0 atom stereocenters. The van der Waals surface area contributed by atoms with Gasteiger partial charge >= 0.3 is 5.97 Å². The van der Waals surface area contributed by atoms with Gasteiger partial charge in [0.2, 0.25) is 20.0 Å². The molecule has 0 aliphatic carbocycles. The maximum atomic E-state index is 11.1. The lowest BCUT2D eigenvalue weighted by Gasteiger charge is -2.16. The highest BCUT2D eigenvalue weighted by Crippen LogP contribution is 2.06. The zero-order valence-electron chi connectivity index (χ0n) is 8.63. The molecule has 0 aromatic rings. The molecular weight excluding hydrogens is 246 g/mol. The van der Waals surface area contributed by atoms with Gasteiger partial charge in [0, 0.05) is 6.54 Å². The number of carbonyl (C=O) groups excluding carboxylic acids is 1. The second-order valence-corrected chi connectivity index (χ2v) is 6.89. The van der Waals surface area contributed by atoms with E-state index >= 15 is 0 Å². The molecule has 0 N–H and O–H groups in total. The zero-order valence-corrected chi connectivity index (χ0v) is 10.3. The molecule has 0 amide bonds. The van der Waals surface area contributed by atoms with Gasteiger partial charge in [-0.25, -0.2) is 16.8 Å². The number of sulfonamides is 2. The third kappa shape index (κ3) is 5.09. The van der Waals surface area contributed by atoms with Crippen LogP contribution in [0, 0.1) is 0 Å². The first-order chi connectivity index (χ1) is 6.59. The van der Waals surface area contributed by atoms with Crippen LogP contribution in [0.3, 0.4) is 0 Å². The lowest BCUT2D eigenvalue weighted by atomic mass is 10.4. The molecule has 9 heteroatoms. The third-order valence-electron chi connectivity index (χ3n) is 1.47. The standard InChI is InChI=1S/C6H13NO6S2/c1-13-6(8)4-5-7(14(2,9)10)15(3,11)12/h4-5H2,1-3H3. The number of hydrogen-bond donors (Lipinski definition) is 0. The minimum Gasteiger partial charge on any atom is -0.469 e. The summed E-state index contributed by atoms with van der Waals surface area (Å²) in [6.07, 6.45) is 1.20. The average molecular weight is 259 g/mol. The number of esters is 1. The van der Waals surface area contributed by atoms with Crippen LogP contribution >= 0.6 is 0 Å². The van der Waals surface area contributed by atoms with Gasteiger partial charge in [0.15, 0.2) is 0 Å². The Morgan fingerprint density at radius 3 is 1.80 bits per heavy atom. The fourth-order valence-corrected chi connectivity index (χ4v) is 3.68. The van der Waals surface area contributed by atoms with E-state index in [1.165, 1.54) is 0 Å². The maximum absolute atomic E-state index is 11.1. The lowest BCUT2D eigenvalue weighted by Crippen LogP contribution is -2.36. The van der Waals surface area contributed by atoms with Crippen molar-refractivity contribution in [1.29, 1.82) is 0 Å². The van der Waals surface area contributed by atoms with Crippen LogP contribution in [0.5, 0.6) is 0 Å². The first kappa shape index (κ1) is 14.3. The van der Waals surface area contributed by atoms with Crippen LogP contribution in [-0.4, -0.2) is 52.7 Å². The second-order valence-electron chi connectivity index (χ2n) is 2.85. The average Bonchev–Trinajstić information content (AvgIpc) is 1.99. The molecule has 0 heterocycles. The van der Waals surface area contributed by atoms with Crippen molar-refractivity contribution in [2.45, 2.75) is 6.42 Å². The Kier molecular flexibility index (Phi) is 4.68. The van der Waals surface area contributed by atoms with Gasteiger partial charge in [0.05, 0.1) is 26.0 Å². The Balaban J connectivity index is 4.80. The van der Waals surface area contributed by atoms with Crippen LogP contribution in [0.4, 0.5) is 0 Å². The molecule has 0 aromatic carbocycles. The Morgan fingerprint density at radius 1 is 1.13 bits per heavy atom. The van der Waals surface area contributed by atoms with E-state index in [9.17, 15) is 21.6 Å². The van der Waals surface area contributed by atoms with Crippen molar-refractivity contribution in [2.24, 2.45) is 0 Å². The molecule has 7 nitrogen and oxygen atoms in total. The van der Waals surface area contributed by atoms with Crippen LogP contribution in [-0.2, 0) is 29.6 Å². The van der Waals surface area contributed by atoms with E-state index in [0.717, 1.165) is 19.6 Å². The van der Waals surface area contributed by atoms with Crippen LogP contribution in [0.2, 0.25) is 0 Å². The van der Waals surface area contributed by atoms with Crippen molar-refractivity contribution in [3.8, 4) is 0 Å². The summed E-state index contributed by atoms with van der Waals surface area (Å²) in [5.74, 6) is -0.674. The molecular formula is C6H13NO6S2. The largest absolute Gasteiger partial charge is 0.469 e. The van der Waals surface area contributed by atoms with Gasteiger partial charge in [-0.2, -0.15) is 0 Å². The molecule has 0 aliphatic rings. The SMILES string of the molecule is COC(=O)CCN(S(C)(=O)=O)S(C)(=O)=O. The number of ether oxygens (including phenoxy) is 1. The lowest BCUT2D eigenvalue weighted by molar-refractivity contribution is -0.140. The predicted octanol–water partition coefficient (Wildman–Crippen LogP) is -1.23. The third-order valence-corrected chi connectivity index (χ3v) is 4.94. The molecule has 0 saturated carbocycles. The summed E-state index contributed by atoms with van der Waals surface area (Å²) in [4.78, 5) is 10.7. The van der Waals surface area contributed by atoms with E-state index in [-0.39, 0.29) is 10.1 Å². The smallest absolute Gasteiger partial charge is 0.306 e. The quantitative estimate of drug-likeness (QED) is 0.573. The molecule has 0 unspecified atom stereocenters. The molecule has 0 fully saturated rings. The summed E-state index contributed by atoms with van der Waals surface area (Å²) in [5.41, 5.74) is 0. The van der Waals surface area contributed by atoms with Crippen LogP contribution in [0.15, 0.2) is 0 Å². The highest BCUT2D eigenvalue weighted by atomic mass is 32.3. The highest BCUT2D eigenvalue weighted by molar-refractivity contribution is 8.03. The van der Waals surface area contributed by atoms with Gasteiger partial charge in [-0.1, -0.05) is 3.71 Å². The Labute approximate surface area is 89.1 Å². The van der Waals surface area contributed by atoms with Crippen molar-refractivity contribution >= 4 is 26.0 Å². The molecule has 90 valence electrons. The molecule has 15 heavy (non-hydrogen) atoms. The monoisotopic (exact) mass is 259 g/mol. The van der Waals surface area contributed by atoms with Crippen molar-refractivity contribution in [3.63, 3.8) is 0 Å². The summed E-state index contributed by atoms with van der Waals surface area (Å²) in [7, 11) is -6.65. The Bertz CT molecular complexity index is 391. The summed E-state index contributed by atoms with van der Waals surface area (Å²) in [6.45, 7) is -0.440. The molecule has 0 bridgehead atoms. The van der Waals surface area contributed by atoms with Gasteiger partial charge in [-0.05, 0) is 0 Å². The van der Waals surface area contributed by atoms with Gasteiger partial charge in [0.25, 0.3) is 0 Å². The van der Waals surface area contributed by atoms with Crippen molar-refractivity contribution < 1.29 is 26.4 Å². The molecule has 0 saturated heterocycles. The van der Waals surface area contributed by atoms with E-state index in [2.05, 4.69) is 4.74 Å². The van der Waals surface area contributed by atoms with Gasteiger partial charge in [-0.3, -0.25) is 4.79 Å². The highest BCUT2D eigenvalue weighted by Gasteiger charge is 2.27. The molecule has 0 aliphatic heterocycles. The van der Waals surface area contributed by atoms with Crippen LogP contribution < -0.4 is 0 Å². The minimum atomic E-state index is -3.89. The fourth-order valence-electron chi connectivity index (χ4n) is 0.862. The number of nitrogens with zero attached hydrogens (tertiary/aromatic N) is 1. The summed E-state index contributed by atoms with van der Waals surface area (Å²) in [6, 6.07) is 0. The fraction of sp³-hybridized carbons (Fsp3) is 0.833. The van der Waals surface area contributed by atoms with Gasteiger partial charge < -0.3 is 4.74 Å². The normalized spacial score (nSPS) is 12.8. The van der Waals surface area contributed by atoms with Gasteiger partial charge in [0.1, 0.15) is 0 Å². The molecule has 0 spiro atoms. The topological polar surface area (TPSA) is 97.8 Å². The van der Waals surface area contributed by atoms with Crippen LogP contribution in [0.25, 0.3) is 0 Å². The second kappa shape index (κ2) is 4.90. The summed E-state index contributed by atoms with van der Waals surface area (Å²) >= 11 is 0. The summed E-state index contributed by atoms with van der Waals surface area (Å²) in [5, 5.41) is 0. The van der Waals surface area contributed by atoms with E-state index in [1.54, 1.807) is 0 Å². The maximum Gasteiger partial charge on any atom is 0.306 e. The zero-order chi connectivity index (χ0) is 12.3. The molecule has 0 rings (SSSR count). The van der Waals surface area contributed by atoms with Gasteiger partial charge in [-0.15, -0.1) is 0 Å². The Hall–Kier alpha value is -0.670. The van der Waals surface area contributed by atoms with E-state index in [0.29, 0.717) is 0 Å². The molecule has 0 aromatic heterocycles. The van der Waals surface area contributed by atoms with E-state index < -0.39 is 32.6 Å². The van der Waals surface area contributed by atoms with Crippen molar-refractivity contribution in [1.82, 2.24) is 3.71 Å². The number of methoxy groups -OCH3 is 1. The first-order valence-electron chi connectivity index (χ1n) is 3.83. The van der Waals surface area contributed by atoms with E-state index in [1.807, 2.05) is 0 Å². The van der Waals surface area contributed by atoms with Crippen molar-refractivity contribution in [2.75, 3.05) is 26.2 Å². The van der Waals surface area contributed by atoms with Crippen LogP contribution in [0.1, 0.15) is 6.42 Å². The predicted molar refractivity (Wildman–Crippen MR) is 53.0 cm³/mol. The molecule has 0 radical (unpaired) electrons. The minimum absolute atomic E-state index is 0.261. The van der Waals surface area contributed by atoms with E-state index in [4.69, 9.17) is 0 Å². The Morgan fingerprint density at radius 2 is 1.53 bits per heavy atom.